The number of ether oxygens (including phenoxy) is 1. The summed E-state index contributed by atoms with van der Waals surface area (Å²) in [6.45, 7) is 5.34. The Bertz CT molecular complexity index is 770. The van der Waals surface area contributed by atoms with Gasteiger partial charge in [-0.15, -0.1) is 0 Å². The quantitative estimate of drug-likeness (QED) is 0.764. The molecule has 0 bridgehead atoms. The highest BCUT2D eigenvalue weighted by Crippen LogP contribution is 2.59. The molecule has 0 aromatic heterocycles. The van der Waals surface area contributed by atoms with Gasteiger partial charge < -0.3 is 14.7 Å². The van der Waals surface area contributed by atoms with E-state index in [0.717, 1.165) is 5.56 Å². The Kier molecular flexibility index (Phi) is 5.03. The molecule has 0 radical (unpaired) electrons. The zero-order valence-electron chi connectivity index (χ0n) is 16.0. The number of hydrogen-bond acceptors (Lipinski definition) is 4. The van der Waals surface area contributed by atoms with Crippen LogP contribution in [0.1, 0.15) is 45.6 Å². The number of benzene rings is 1. The molecule has 7 heteroatoms. The smallest absolute Gasteiger partial charge is 0.318 e. The van der Waals surface area contributed by atoms with Crippen LogP contribution in [0.4, 0.5) is 0 Å². The molecular weight excluding hydrogens is 389 g/mol. The largest absolute Gasteiger partial charge is 0.459 e. The van der Waals surface area contributed by atoms with Gasteiger partial charge in [-0.25, -0.2) is 0 Å². The van der Waals surface area contributed by atoms with E-state index in [4.69, 9.17) is 27.9 Å². The van der Waals surface area contributed by atoms with E-state index in [0.29, 0.717) is 29.3 Å². The summed E-state index contributed by atoms with van der Waals surface area (Å²) in [5, 5.41) is 12.7. The van der Waals surface area contributed by atoms with Gasteiger partial charge in [0.2, 0.25) is 5.91 Å². The van der Waals surface area contributed by atoms with Crippen LogP contribution in [0.5, 0.6) is 0 Å². The Labute approximate surface area is 169 Å². The van der Waals surface area contributed by atoms with E-state index in [1.165, 1.54) is 4.90 Å². The SMILES string of the molecule is CN1C(=O)C[C@]2(C(=O)OC(C)(C)C)CC[C@H](Cc3cc(Cl)cc(Cl)c3)[C@]12O. The van der Waals surface area contributed by atoms with Crippen molar-refractivity contribution < 1.29 is 19.4 Å². The van der Waals surface area contributed by atoms with Crippen molar-refractivity contribution in [3.05, 3.63) is 33.8 Å². The number of likely N-dealkylation sites (tertiary alicyclic amines) is 1. The summed E-state index contributed by atoms with van der Waals surface area (Å²) < 4.78 is 5.60. The van der Waals surface area contributed by atoms with Crippen molar-refractivity contribution in [2.24, 2.45) is 11.3 Å². The molecule has 1 heterocycles. The molecule has 2 fully saturated rings. The maximum atomic E-state index is 13.1. The summed E-state index contributed by atoms with van der Waals surface area (Å²) in [7, 11) is 1.55. The second kappa shape index (κ2) is 6.64. The molecule has 1 amide bonds. The third kappa shape index (κ3) is 3.34. The van der Waals surface area contributed by atoms with E-state index in [9.17, 15) is 14.7 Å². The number of rotatable bonds is 3. The van der Waals surface area contributed by atoms with Gasteiger partial charge in [0, 0.05) is 29.4 Å². The summed E-state index contributed by atoms with van der Waals surface area (Å²) in [4.78, 5) is 26.9. The van der Waals surface area contributed by atoms with Crippen LogP contribution in [0.15, 0.2) is 18.2 Å². The Morgan fingerprint density at radius 1 is 1.30 bits per heavy atom. The predicted molar refractivity (Wildman–Crippen MR) is 104 cm³/mol. The number of amides is 1. The second-order valence-electron chi connectivity index (χ2n) is 8.66. The van der Waals surface area contributed by atoms with Gasteiger partial charge in [0.1, 0.15) is 11.0 Å². The summed E-state index contributed by atoms with van der Waals surface area (Å²) in [6.07, 6.45) is 1.41. The standard InChI is InChI=1S/C20H25Cl2NO4/c1-18(2,3)27-17(25)19-6-5-13(20(19,26)23(4)16(24)11-19)7-12-8-14(21)10-15(22)9-12/h8-10,13,26H,5-7,11H2,1-4H3/t13-,19+,20-/m1/s1. The van der Waals surface area contributed by atoms with Crippen molar-refractivity contribution in [3.63, 3.8) is 0 Å². The molecule has 0 unspecified atom stereocenters. The Morgan fingerprint density at radius 2 is 1.89 bits per heavy atom. The minimum atomic E-state index is -1.60. The zero-order valence-corrected chi connectivity index (χ0v) is 17.5. The lowest BCUT2D eigenvalue weighted by molar-refractivity contribution is -0.199. The highest BCUT2D eigenvalue weighted by Gasteiger charge is 2.72. The lowest BCUT2D eigenvalue weighted by Gasteiger charge is -2.42. The van der Waals surface area contributed by atoms with Crippen LogP contribution in [0.2, 0.25) is 10.0 Å². The van der Waals surface area contributed by atoms with Crippen LogP contribution in [0.3, 0.4) is 0 Å². The molecular formula is C20H25Cl2NO4. The fourth-order valence-electron chi connectivity index (χ4n) is 4.53. The van der Waals surface area contributed by atoms with Gasteiger partial charge in [-0.3, -0.25) is 9.59 Å². The first-order valence-corrected chi connectivity index (χ1v) is 9.82. The van der Waals surface area contributed by atoms with Gasteiger partial charge in [0.05, 0.1) is 0 Å². The fourth-order valence-corrected chi connectivity index (χ4v) is 5.11. The number of fused-ring (bicyclic) bond motifs is 1. The average molecular weight is 414 g/mol. The van der Waals surface area contributed by atoms with Gasteiger partial charge in [-0.2, -0.15) is 0 Å². The number of carbonyl (C=O) groups is 2. The van der Waals surface area contributed by atoms with E-state index in [1.807, 2.05) is 0 Å². The van der Waals surface area contributed by atoms with Crippen molar-refractivity contribution in [1.29, 1.82) is 0 Å². The third-order valence-corrected chi connectivity index (χ3v) is 6.16. The van der Waals surface area contributed by atoms with E-state index in [-0.39, 0.29) is 18.2 Å². The molecule has 27 heavy (non-hydrogen) atoms. The number of halogens is 2. The van der Waals surface area contributed by atoms with E-state index in [1.54, 1.807) is 46.0 Å². The molecule has 3 atom stereocenters. The molecule has 1 aromatic rings. The number of esters is 1. The molecule has 1 saturated carbocycles. The Balaban J connectivity index is 1.97. The third-order valence-electron chi connectivity index (χ3n) is 5.73. The number of carbonyl (C=O) groups excluding carboxylic acids is 2. The Hall–Kier alpha value is -1.30. The molecule has 1 aliphatic carbocycles. The molecule has 1 aliphatic heterocycles. The van der Waals surface area contributed by atoms with E-state index >= 15 is 0 Å². The molecule has 0 spiro atoms. The number of nitrogens with zero attached hydrogens (tertiary/aromatic N) is 1. The molecule has 3 rings (SSSR count). The summed E-state index contributed by atoms with van der Waals surface area (Å²) in [5.74, 6) is -1.09. The summed E-state index contributed by atoms with van der Waals surface area (Å²) in [6, 6.07) is 5.23. The first-order chi connectivity index (χ1) is 12.4. The van der Waals surface area contributed by atoms with E-state index < -0.39 is 22.7 Å². The summed E-state index contributed by atoms with van der Waals surface area (Å²) >= 11 is 12.2. The first kappa shape index (κ1) is 20.4. The minimum absolute atomic E-state index is 0.0400. The maximum absolute atomic E-state index is 13.1. The average Bonchev–Trinajstić information content (AvgIpc) is 2.89. The van der Waals surface area contributed by atoms with Crippen molar-refractivity contribution in [2.45, 2.75) is 57.8 Å². The van der Waals surface area contributed by atoms with Gasteiger partial charge in [-0.1, -0.05) is 23.2 Å². The van der Waals surface area contributed by atoms with Gasteiger partial charge in [0.15, 0.2) is 5.72 Å². The molecule has 1 saturated heterocycles. The lowest BCUT2D eigenvalue weighted by atomic mass is 9.76. The minimum Gasteiger partial charge on any atom is -0.459 e. The fraction of sp³-hybridized carbons (Fsp3) is 0.600. The van der Waals surface area contributed by atoms with Gasteiger partial charge in [0.25, 0.3) is 0 Å². The number of hydrogen-bond donors (Lipinski definition) is 1. The highest BCUT2D eigenvalue weighted by molar-refractivity contribution is 6.34. The predicted octanol–water partition coefficient (Wildman–Crippen LogP) is 3.82. The topological polar surface area (TPSA) is 66.8 Å². The maximum Gasteiger partial charge on any atom is 0.318 e. The zero-order chi connectivity index (χ0) is 20.2. The van der Waals surface area contributed by atoms with Crippen LogP contribution >= 0.6 is 23.2 Å². The van der Waals surface area contributed by atoms with Gasteiger partial charge >= 0.3 is 5.97 Å². The van der Waals surface area contributed by atoms with Crippen LogP contribution in [-0.4, -0.2) is 40.3 Å². The first-order valence-electron chi connectivity index (χ1n) is 9.06. The van der Waals surface area contributed by atoms with Crippen molar-refractivity contribution in [1.82, 2.24) is 4.90 Å². The van der Waals surface area contributed by atoms with Gasteiger partial charge in [-0.05, 0) is 63.8 Å². The molecule has 5 nitrogen and oxygen atoms in total. The molecule has 2 aliphatic rings. The second-order valence-corrected chi connectivity index (χ2v) is 9.53. The van der Waals surface area contributed by atoms with Crippen LogP contribution in [-0.2, 0) is 20.7 Å². The van der Waals surface area contributed by atoms with Crippen molar-refractivity contribution in [3.8, 4) is 0 Å². The monoisotopic (exact) mass is 413 g/mol. The highest BCUT2D eigenvalue weighted by atomic mass is 35.5. The van der Waals surface area contributed by atoms with Crippen molar-refractivity contribution in [2.75, 3.05) is 7.05 Å². The normalized spacial score (nSPS) is 30.6. The van der Waals surface area contributed by atoms with E-state index in [2.05, 4.69) is 0 Å². The molecule has 148 valence electrons. The Morgan fingerprint density at radius 3 is 2.44 bits per heavy atom. The number of aliphatic hydroxyl groups is 1. The summed E-state index contributed by atoms with van der Waals surface area (Å²) in [5.41, 5.74) is -2.69. The van der Waals surface area contributed by atoms with Crippen LogP contribution in [0, 0.1) is 11.3 Å². The lowest BCUT2D eigenvalue weighted by Crippen LogP contribution is -2.58. The van der Waals surface area contributed by atoms with Crippen LogP contribution in [0.25, 0.3) is 0 Å². The molecule has 1 aromatic carbocycles. The van der Waals surface area contributed by atoms with Crippen molar-refractivity contribution >= 4 is 35.1 Å². The molecule has 1 N–H and O–H groups in total. The van der Waals surface area contributed by atoms with Crippen LogP contribution < -0.4 is 0 Å².